The Bertz CT molecular complexity index is 2650. The number of rotatable bonds is 15. The molecule has 9 rings (SSSR count). The second kappa shape index (κ2) is 19.5. The maximum atomic E-state index is 15.5. The van der Waals surface area contributed by atoms with Gasteiger partial charge >= 0.3 is 7.82 Å². The van der Waals surface area contributed by atoms with Gasteiger partial charge in [0.2, 0.25) is 17.7 Å². The summed E-state index contributed by atoms with van der Waals surface area (Å²) < 4.78 is 67.2. The molecule has 18 nitrogen and oxygen atoms in total. The topological polar surface area (TPSA) is 223 Å². The number of carbonyl (C=O) groups is 3. The normalized spacial score (nSPS) is 26.7. The number of phosphoric acid groups is 1. The minimum Gasteiger partial charge on any atom is -0.485 e. The standard InChI is InChI=1S/C52H59N6O12P/c1-50(2)47(44(56-19-7-10-41(56)59)35-26-32(29-53)13-16-38(35)67-50)63-22-24-65-71(62,70-49-46(58-21-9-12-43(58)61)37-28-34(31-55)15-18-40(37)69-52(49,5)6)66-25-23-64-48-45(57-20-8-11-42(57)60)36-27-33(30-54)14-17-39(36)68-51(48,3)4/h13-18,26-28,44-49H,7-12,19-25H2,1-6H3. The Balaban J connectivity index is 1.00. The molecule has 3 aromatic carbocycles. The minimum absolute atomic E-state index is 0.0520. The zero-order valence-electron chi connectivity index (χ0n) is 40.9. The molecule has 374 valence electrons. The lowest BCUT2D eigenvalue weighted by Crippen LogP contribution is -2.55. The second-order valence-electron chi connectivity index (χ2n) is 20.3. The SMILES string of the molecule is CC1(C)Oc2ccc(C#N)cc2C(N2CCCC2=O)C1OCCOP(=O)(OCCOC1C(N2CCCC2=O)c2cc(C#N)ccc2OC1(C)C)OC1C(N2CCCC2=O)c2cc(C#N)ccc2OC1(C)C. The molecular weight excluding hydrogens is 932 g/mol. The molecule has 6 unspecified atom stereocenters. The van der Waals surface area contributed by atoms with E-state index in [1.54, 1.807) is 83.1 Å². The molecule has 3 aromatic rings. The number of hydrogen-bond donors (Lipinski definition) is 0. The molecule has 3 amide bonds. The van der Waals surface area contributed by atoms with Crippen molar-refractivity contribution in [2.45, 2.75) is 133 Å². The summed E-state index contributed by atoms with van der Waals surface area (Å²) in [6.07, 6.45) is 0.229. The molecule has 19 heteroatoms. The first kappa shape index (κ1) is 49.9. The molecule has 0 N–H and O–H groups in total. The van der Waals surface area contributed by atoms with Gasteiger partial charge in [-0.15, -0.1) is 0 Å². The molecule has 0 saturated carbocycles. The Labute approximate surface area is 413 Å². The molecule has 6 aliphatic heterocycles. The van der Waals surface area contributed by atoms with Crippen LogP contribution in [-0.4, -0.2) is 114 Å². The van der Waals surface area contributed by atoms with Crippen LogP contribution in [0, 0.1) is 34.0 Å². The zero-order valence-corrected chi connectivity index (χ0v) is 41.8. The third kappa shape index (κ3) is 9.72. The van der Waals surface area contributed by atoms with Crippen molar-refractivity contribution in [1.82, 2.24) is 14.7 Å². The molecule has 0 bridgehead atoms. The fourth-order valence-corrected chi connectivity index (χ4v) is 12.5. The average Bonchev–Trinajstić information content (AvgIpc) is 4.09. The largest absolute Gasteiger partial charge is 0.485 e. The average molecular weight is 991 g/mol. The summed E-state index contributed by atoms with van der Waals surface area (Å²) in [5, 5.41) is 29.6. The Kier molecular flexibility index (Phi) is 13.7. The van der Waals surface area contributed by atoms with Crippen molar-refractivity contribution >= 4 is 25.5 Å². The number of phosphoric ester groups is 1. The van der Waals surface area contributed by atoms with Crippen molar-refractivity contribution in [1.29, 1.82) is 15.8 Å². The van der Waals surface area contributed by atoms with Crippen LogP contribution < -0.4 is 14.2 Å². The van der Waals surface area contributed by atoms with Crippen LogP contribution in [0.3, 0.4) is 0 Å². The summed E-state index contributed by atoms with van der Waals surface area (Å²) in [6.45, 7) is 11.2. The number of fused-ring (bicyclic) bond motifs is 3. The second-order valence-corrected chi connectivity index (χ2v) is 22.0. The lowest BCUT2D eigenvalue weighted by molar-refractivity contribution is -0.152. The van der Waals surface area contributed by atoms with Crippen molar-refractivity contribution < 1.29 is 56.2 Å². The third-order valence-corrected chi connectivity index (χ3v) is 15.7. The maximum absolute atomic E-state index is 15.5. The summed E-state index contributed by atoms with van der Waals surface area (Å²) in [5.74, 6) is 1.26. The van der Waals surface area contributed by atoms with E-state index in [4.69, 9.17) is 37.3 Å². The van der Waals surface area contributed by atoms with Gasteiger partial charge in [0.15, 0.2) is 0 Å². The first-order valence-corrected chi connectivity index (χ1v) is 25.7. The summed E-state index contributed by atoms with van der Waals surface area (Å²) >= 11 is 0. The summed E-state index contributed by atoms with van der Waals surface area (Å²) in [4.78, 5) is 45.5. The van der Waals surface area contributed by atoms with E-state index in [0.29, 0.717) is 102 Å². The monoisotopic (exact) mass is 990 g/mol. The molecular formula is C52H59N6O12P. The zero-order chi connectivity index (χ0) is 50.5. The molecule has 6 heterocycles. The molecule has 0 spiro atoms. The highest BCUT2D eigenvalue weighted by atomic mass is 31.2. The van der Waals surface area contributed by atoms with Crippen LogP contribution in [0.25, 0.3) is 0 Å². The van der Waals surface area contributed by atoms with Gasteiger partial charge in [0.05, 0.1) is 79.5 Å². The Morgan fingerprint density at radius 2 is 0.859 bits per heavy atom. The highest BCUT2D eigenvalue weighted by Gasteiger charge is 2.54. The van der Waals surface area contributed by atoms with E-state index in [1.165, 1.54) is 0 Å². The van der Waals surface area contributed by atoms with E-state index in [0.717, 1.165) is 0 Å². The molecule has 0 radical (unpaired) electrons. The molecule has 6 aliphatic rings. The van der Waals surface area contributed by atoms with E-state index in [-0.39, 0.29) is 50.6 Å². The Morgan fingerprint density at radius 3 is 1.17 bits per heavy atom. The quantitative estimate of drug-likeness (QED) is 0.106. The number of nitriles is 3. The van der Waals surface area contributed by atoms with Crippen molar-refractivity contribution in [3.8, 4) is 35.5 Å². The number of carbonyl (C=O) groups excluding carboxylic acids is 3. The van der Waals surface area contributed by atoms with Gasteiger partial charge in [-0.3, -0.25) is 28.0 Å². The Morgan fingerprint density at radius 1 is 0.535 bits per heavy atom. The fourth-order valence-electron chi connectivity index (χ4n) is 11.0. The van der Waals surface area contributed by atoms with Crippen molar-refractivity contribution in [2.75, 3.05) is 46.1 Å². The van der Waals surface area contributed by atoms with Crippen LogP contribution in [0.2, 0.25) is 0 Å². The lowest BCUT2D eigenvalue weighted by atomic mass is 9.84. The van der Waals surface area contributed by atoms with Crippen LogP contribution in [-0.2, 0) is 42.0 Å². The van der Waals surface area contributed by atoms with E-state index < -0.39 is 61.1 Å². The van der Waals surface area contributed by atoms with Gasteiger partial charge < -0.3 is 38.4 Å². The summed E-state index contributed by atoms with van der Waals surface area (Å²) in [6, 6.07) is 19.6. The number of benzene rings is 3. The molecule has 3 fully saturated rings. The van der Waals surface area contributed by atoms with Gasteiger partial charge in [-0.1, -0.05) is 0 Å². The number of ether oxygens (including phenoxy) is 5. The van der Waals surface area contributed by atoms with Crippen molar-refractivity contribution in [2.24, 2.45) is 0 Å². The predicted molar refractivity (Wildman–Crippen MR) is 253 cm³/mol. The highest BCUT2D eigenvalue weighted by Crippen LogP contribution is 2.57. The van der Waals surface area contributed by atoms with Crippen LogP contribution in [0.1, 0.15) is 132 Å². The molecule has 3 saturated heterocycles. The van der Waals surface area contributed by atoms with Crippen LogP contribution in [0.15, 0.2) is 54.6 Å². The maximum Gasteiger partial charge on any atom is 0.475 e. The lowest BCUT2D eigenvalue weighted by Gasteiger charge is -2.48. The van der Waals surface area contributed by atoms with Crippen LogP contribution >= 0.6 is 7.82 Å². The first-order valence-electron chi connectivity index (χ1n) is 24.3. The smallest absolute Gasteiger partial charge is 0.475 e. The van der Waals surface area contributed by atoms with Crippen LogP contribution in [0.5, 0.6) is 17.2 Å². The molecule has 0 aromatic heterocycles. The summed E-state index contributed by atoms with van der Waals surface area (Å²) in [7, 11) is -4.73. The number of likely N-dealkylation sites (tertiary alicyclic amines) is 3. The number of nitrogens with zero attached hydrogens (tertiary/aromatic N) is 6. The van der Waals surface area contributed by atoms with E-state index in [1.807, 2.05) is 27.7 Å². The molecule has 71 heavy (non-hydrogen) atoms. The number of hydrogen-bond acceptors (Lipinski definition) is 15. The van der Waals surface area contributed by atoms with Crippen molar-refractivity contribution in [3.05, 3.63) is 88.0 Å². The van der Waals surface area contributed by atoms with Gasteiger partial charge in [-0.05, 0) is 115 Å². The van der Waals surface area contributed by atoms with Gasteiger partial charge in [0.1, 0.15) is 52.4 Å². The fraction of sp³-hybridized carbons (Fsp3) is 0.538. The highest BCUT2D eigenvalue weighted by molar-refractivity contribution is 7.48. The van der Waals surface area contributed by atoms with Gasteiger partial charge in [-0.2, -0.15) is 15.8 Å². The molecule has 0 aliphatic carbocycles. The number of amides is 3. The Hall–Kier alpha value is -6.03. The van der Waals surface area contributed by atoms with E-state index in [9.17, 15) is 30.2 Å². The van der Waals surface area contributed by atoms with Gasteiger partial charge in [0, 0.05) is 55.6 Å². The first-order chi connectivity index (χ1) is 33.9. The van der Waals surface area contributed by atoms with Gasteiger partial charge in [0.25, 0.3) is 0 Å². The third-order valence-electron chi connectivity index (χ3n) is 14.2. The van der Waals surface area contributed by atoms with Gasteiger partial charge in [-0.25, -0.2) is 4.57 Å². The van der Waals surface area contributed by atoms with Crippen molar-refractivity contribution in [3.63, 3.8) is 0 Å². The minimum atomic E-state index is -4.73. The van der Waals surface area contributed by atoms with Crippen LogP contribution in [0.4, 0.5) is 0 Å². The summed E-state index contributed by atoms with van der Waals surface area (Å²) in [5.41, 5.74) is -0.294. The molecule has 6 atom stereocenters. The predicted octanol–water partition coefficient (Wildman–Crippen LogP) is 7.50. The van der Waals surface area contributed by atoms with E-state index in [2.05, 4.69) is 18.2 Å². The van der Waals surface area contributed by atoms with E-state index >= 15 is 4.57 Å².